The first-order valence-electron chi connectivity index (χ1n) is 6.33. The van der Waals surface area contributed by atoms with Crippen molar-refractivity contribution in [3.8, 4) is 0 Å². The zero-order chi connectivity index (χ0) is 14.4. The number of halogens is 1. The van der Waals surface area contributed by atoms with E-state index in [-0.39, 0.29) is 0 Å². The largest absolute Gasteiger partial charge is 0.357 e. The SMILES string of the molecule is CCNC(=NCc1cc(Br)cs1)NCc1nc(C)cs1. The van der Waals surface area contributed by atoms with Crippen LogP contribution in [-0.4, -0.2) is 17.5 Å². The third kappa shape index (κ3) is 4.88. The Labute approximate surface area is 135 Å². The summed E-state index contributed by atoms with van der Waals surface area (Å²) in [5, 5.41) is 11.8. The summed E-state index contributed by atoms with van der Waals surface area (Å²) >= 11 is 6.83. The van der Waals surface area contributed by atoms with Crippen molar-refractivity contribution in [2.24, 2.45) is 4.99 Å². The second-order valence-corrected chi connectivity index (χ2v) is 7.02. The fraction of sp³-hybridized carbons (Fsp3) is 0.385. The van der Waals surface area contributed by atoms with E-state index in [1.54, 1.807) is 22.7 Å². The van der Waals surface area contributed by atoms with Gasteiger partial charge in [-0.3, -0.25) is 0 Å². The standard InChI is InChI=1S/C13H17BrN4S2/c1-3-15-13(16-5-11-4-10(14)8-19-11)17-6-12-18-9(2)7-20-12/h4,7-8H,3,5-6H2,1-2H3,(H2,15,16,17). The summed E-state index contributed by atoms with van der Waals surface area (Å²) < 4.78 is 1.11. The van der Waals surface area contributed by atoms with Gasteiger partial charge in [0.1, 0.15) is 5.01 Å². The lowest BCUT2D eigenvalue weighted by molar-refractivity contribution is 0.811. The zero-order valence-corrected chi connectivity index (χ0v) is 14.7. The molecule has 0 unspecified atom stereocenters. The summed E-state index contributed by atoms with van der Waals surface area (Å²) in [5.41, 5.74) is 1.07. The molecule has 0 saturated heterocycles. The predicted molar refractivity (Wildman–Crippen MR) is 90.5 cm³/mol. The van der Waals surface area contributed by atoms with E-state index in [1.807, 2.05) is 6.92 Å². The molecule has 0 amide bonds. The van der Waals surface area contributed by atoms with Crippen LogP contribution in [0.3, 0.4) is 0 Å². The Morgan fingerprint density at radius 2 is 2.20 bits per heavy atom. The number of hydrogen-bond acceptors (Lipinski definition) is 4. The van der Waals surface area contributed by atoms with E-state index < -0.39 is 0 Å². The maximum Gasteiger partial charge on any atom is 0.191 e. The normalized spacial score (nSPS) is 11.7. The lowest BCUT2D eigenvalue weighted by Crippen LogP contribution is -2.36. The van der Waals surface area contributed by atoms with Crippen LogP contribution in [0.15, 0.2) is 26.3 Å². The average molecular weight is 373 g/mol. The molecular formula is C13H17BrN4S2. The van der Waals surface area contributed by atoms with Crippen molar-refractivity contribution >= 4 is 44.6 Å². The Hall–Kier alpha value is -0.920. The third-order valence-corrected chi connectivity index (χ3v) is 5.08. The van der Waals surface area contributed by atoms with Crippen LogP contribution in [0.4, 0.5) is 0 Å². The van der Waals surface area contributed by atoms with Crippen molar-refractivity contribution in [1.82, 2.24) is 15.6 Å². The van der Waals surface area contributed by atoms with Crippen LogP contribution in [0.5, 0.6) is 0 Å². The summed E-state index contributed by atoms with van der Waals surface area (Å²) in [7, 11) is 0. The molecule has 0 saturated carbocycles. The fourth-order valence-corrected chi connectivity index (χ4v) is 3.66. The summed E-state index contributed by atoms with van der Waals surface area (Å²) in [6.07, 6.45) is 0. The van der Waals surface area contributed by atoms with Crippen molar-refractivity contribution in [3.05, 3.63) is 36.9 Å². The molecule has 0 aromatic carbocycles. The minimum absolute atomic E-state index is 0.683. The van der Waals surface area contributed by atoms with Gasteiger partial charge in [0.2, 0.25) is 0 Å². The molecule has 0 aliphatic carbocycles. The molecular weight excluding hydrogens is 356 g/mol. The average Bonchev–Trinajstić information content (AvgIpc) is 3.02. The van der Waals surface area contributed by atoms with E-state index in [2.05, 4.69) is 60.3 Å². The molecule has 20 heavy (non-hydrogen) atoms. The Morgan fingerprint density at radius 1 is 1.35 bits per heavy atom. The van der Waals surface area contributed by atoms with E-state index in [1.165, 1.54) is 4.88 Å². The number of rotatable bonds is 5. The predicted octanol–water partition coefficient (Wildman–Crippen LogP) is 3.53. The van der Waals surface area contributed by atoms with Gasteiger partial charge in [-0.15, -0.1) is 22.7 Å². The van der Waals surface area contributed by atoms with Gasteiger partial charge in [0, 0.05) is 32.3 Å². The first-order valence-corrected chi connectivity index (χ1v) is 8.88. The van der Waals surface area contributed by atoms with E-state index >= 15 is 0 Å². The van der Waals surface area contributed by atoms with Crippen LogP contribution in [0, 0.1) is 6.92 Å². The van der Waals surface area contributed by atoms with Crippen LogP contribution in [0.1, 0.15) is 22.5 Å². The second-order valence-electron chi connectivity index (χ2n) is 4.16. The number of aliphatic imine (C=N–C) groups is 1. The summed E-state index contributed by atoms with van der Waals surface area (Å²) in [6.45, 7) is 6.30. The van der Waals surface area contributed by atoms with Crippen molar-refractivity contribution in [1.29, 1.82) is 0 Å². The van der Waals surface area contributed by atoms with Crippen LogP contribution in [0.25, 0.3) is 0 Å². The number of hydrogen-bond donors (Lipinski definition) is 2. The highest BCUT2D eigenvalue weighted by molar-refractivity contribution is 9.10. The second kappa shape index (κ2) is 7.75. The molecule has 0 aliphatic rings. The molecule has 0 fully saturated rings. The van der Waals surface area contributed by atoms with Crippen LogP contribution >= 0.6 is 38.6 Å². The van der Waals surface area contributed by atoms with Gasteiger partial charge >= 0.3 is 0 Å². The highest BCUT2D eigenvalue weighted by Gasteiger charge is 2.02. The Kier molecular flexibility index (Phi) is 6.00. The van der Waals surface area contributed by atoms with Crippen molar-refractivity contribution < 1.29 is 0 Å². The maximum atomic E-state index is 4.58. The first kappa shape index (κ1) is 15.5. The number of nitrogens with one attached hydrogen (secondary N) is 2. The number of nitrogens with zero attached hydrogens (tertiary/aromatic N) is 2. The van der Waals surface area contributed by atoms with Gasteiger partial charge in [0.15, 0.2) is 5.96 Å². The molecule has 0 bridgehead atoms. The highest BCUT2D eigenvalue weighted by atomic mass is 79.9. The summed E-state index contributed by atoms with van der Waals surface area (Å²) in [6, 6.07) is 2.10. The van der Waals surface area contributed by atoms with Gasteiger partial charge in [-0.2, -0.15) is 0 Å². The van der Waals surface area contributed by atoms with Gasteiger partial charge < -0.3 is 10.6 Å². The molecule has 108 valence electrons. The van der Waals surface area contributed by atoms with Gasteiger partial charge in [-0.05, 0) is 35.8 Å². The molecule has 0 aliphatic heterocycles. The van der Waals surface area contributed by atoms with Gasteiger partial charge in [0.25, 0.3) is 0 Å². The lowest BCUT2D eigenvalue weighted by Gasteiger charge is -2.09. The van der Waals surface area contributed by atoms with Gasteiger partial charge in [-0.1, -0.05) is 0 Å². The Balaban J connectivity index is 1.91. The summed E-state index contributed by atoms with van der Waals surface area (Å²) in [5.74, 6) is 0.824. The third-order valence-electron chi connectivity index (χ3n) is 2.43. The van der Waals surface area contributed by atoms with Crippen molar-refractivity contribution in [2.45, 2.75) is 26.9 Å². The molecule has 0 atom stereocenters. The highest BCUT2D eigenvalue weighted by Crippen LogP contribution is 2.20. The fourth-order valence-electron chi connectivity index (χ4n) is 1.58. The molecule has 2 aromatic rings. The maximum absolute atomic E-state index is 4.58. The van der Waals surface area contributed by atoms with Crippen LogP contribution < -0.4 is 10.6 Å². The number of guanidine groups is 1. The van der Waals surface area contributed by atoms with Crippen LogP contribution in [-0.2, 0) is 13.1 Å². The molecule has 2 rings (SSSR count). The Morgan fingerprint density at radius 3 is 2.80 bits per heavy atom. The molecule has 0 spiro atoms. The van der Waals surface area contributed by atoms with E-state index in [4.69, 9.17) is 0 Å². The van der Waals surface area contributed by atoms with Crippen molar-refractivity contribution in [2.75, 3.05) is 6.54 Å². The molecule has 2 N–H and O–H groups in total. The van der Waals surface area contributed by atoms with Crippen molar-refractivity contribution in [3.63, 3.8) is 0 Å². The number of aryl methyl sites for hydroxylation is 1. The molecule has 2 heterocycles. The van der Waals surface area contributed by atoms with Crippen LogP contribution in [0.2, 0.25) is 0 Å². The number of aromatic nitrogens is 1. The summed E-state index contributed by atoms with van der Waals surface area (Å²) in [4.78, 5) is 10.2. The quantitative estimate of drug-likeness (QED) is 0.623. The minimum Gasteiger partial charge on any atom is -0.357 e. The van der Waals surface area contributed by atoms with Gasteiger partial charge in [-0.25, -0.2) is 9.98 Å². The zero-order valence-electron chi connectivity index (χ0n) is 11.4. The molecule has 4 nitrogen and oxygen atoms in total. The molecule has 7 heteroatoms. The van der Waals surface area contributed by atoms with Gasteiger partial charge in [0.05, 0.1) is 13.1 Å². The van der Waals surface area contributed by atoms with E-state index in [0.717, 1.165) is 27.7 Å². The Bertz CT molecular complexity index is 576. The van der Waals surface area contributed by atoms with E-state index in [9.17, 15) is 0 Å². The van der Waals surface area contributed by atoms with E-state index in [0.29, 0.717) is 13.1 Å². The topological polar surface area (TPSA) is 49.3 Å². The smallest absolute Gasteiger partial charge is 0.191 e. The number of thiophene rings is 1. The lowest BCUT2D eigenvalue weighted by atomic mass is 10.5. The monoisotopic (exact) mass is 372 g/mol. The minimum atomic E-state index is 0.683. The first-order chi connectivity index (χ1) is 9.67. The molecule has 0 radical (unpaired) electrons. The molecule has 2 aromatic heterocycles. The number of thiazole rings is 1.